The molecule has 0 aliphatic carbocycles. The molecule has 0 amide bonds. The Morgan fingerprint density at radius 1 is 0.889 bits per heavy atom. The number of nitrogens with zero attached hydrogens (tertiary/aromatic N) is 1. The molecule has 2 aromatic rings. The normalized spacial score (nSPS) is 11.0. The Morgan fingerprint density at radius 2 is 1.56 bits per heavy atom. The van der Waals surface area contributed by atoms with E-state index in [0.29, 0.717) is 23.7 Å². The predicted molar refractivity (Wildman–Crippen MR) is 136 cm³/mol. The summed E-state index contributed by atoms with van der Waals surface area (Å²) in [5, 5.41) is 9.11. The van der Waals surface area contributed by atoms with Crippen LogP contribution in [-0.4, -0.2) is 39.9 Å². The fraction of sp³-hybridized carbons (Fsp3) is 0.321. The second-order valence-corrected chi connectivity index (χ2v) is 7.65. The molecule has 0 fully saturated rings. The summed E-state index contributed by atoms with van der Waals surface area (Å²) in [6.07, 6.45) is 8.71. The Balaban J connectivity index is 2.07. The van der Waals surface area contributed by atoms with Gasteiger partial charge in [-0.05, 0) is 54.0 Å². The van der Waals surface area contributed by atoms with Gasteiger partial charge >= 0.3 is 11.9 Å². The Hall–Kier alpha value is -4.25. The van der Waals surface area contributed by atoms with Crippen LogP contribution in [0.25, 0.3) is 12.2 Å². The smallest absolute Gasteiger partial charge is 0.348 e. The Labute approximate surface area is 211 Å². The minimum Gasteiger partial charge on any atom is -0.493 e. The van der Waals surface area contributed by atoms with E-state index in [-0.39, 0.29) is 17.1 Å². The number of hydrogen-bond acceptors (Lipinski definition) is 8. The second-order valence-electron chi connectivity index (χ2n) is 7.65. The summed E-state index contributed by atoms with van der Waals surface area (Å²) in [6, 6.07) is 11.8. The first-order valence-corrected chi connectivity index (χ1v) is 11.5. The molecule has 0 saturated heterocycles. The van der Waals surface area contributed by atoms with E-state index in [1.54, 1.807) is 37.5 Å². The number of nitriles is 1. The zero-order valence-corrected chi connectivity index (χ0v) is 21.0. The van der Waals surface area contributed by atoms with Crippen molar-refractivity contribution in [2.45, 2.75) is 32.6 Å². The Bertz CT molecular complexity index is 1150. The minimum atomic E-state index is -0.750. The maximum absolute atomic E-state index is 12.4. The molecule has 0 aliphatic heterocycles. The van der Waals surface area contributed by atoms with Gasteiger partial charge in [-0.25, -0.2) is 9.59 Å². The molecule has 0 aromatic heterocycles. The largest absolute Gasteiger partial charge is 0.493 e. The number of esters is 2. The van der Waals surface area contributed by atoms with Gasteiger partial charge in [0.15, 0.2) is 23.0 Å². The van der Waals surface area contributed by atoms with Gasteiger partial charge in [0.25, 0.3) is 0 Å². The number of hydrogen-bond donors (Lipinski definition) is 0. The summed E-state index contributed by atoms with van der Waals surface area (Å²) in [7, 11) is 4.18. The van der Waals surface area contributed by atoms with Gasteiger partial charge in [-0.3, -0.25) is 0 Å². The number of carbonyl (C=O) groups excluding carboxylic acids is 2. The highest BCUT2D eigenvalue weighted by Crippen LogP contribution is 2.30. The topological polar surface area (TPSA) is 104 Å². The van der Waals surface area contributed by atoms with Crippen molar-refractivity contribution in [2.24, 2.45) is 0 Å². The van der Waals surface area contributed by atoms with Gasteiger partial charge in [0, 0.05) is 6.08 Å². The third-order valence-electron chi connectivity index (χ3n) is 5.09. The number of benzene rings is 2. The van der Waals surface area contributed by atoms with Crippen LogP contribution in [-0.2, 0) is 14.3 Å². The average molecular weight is 494 g/mol. The van der Waals surface area contributed by atoms with Crippen LogP contribution >= 0.6 is 0 Å². The van der Waals surface area contributed by atoms with Crippen LogP contribution < -0.4 is 18.9 Å². The van der Waals surface area contributed by atoms with E-state index in [4.69, 9.17) is 24.2 Å². The molecule has 8 heteroatoms. The zero-order chi connectivity index (χ0) is 26.3. The molecule has 0 saturated carbocycles. The van der Waals surface area contributed by atoms with Crippen LogP contribution in [0.5, 0.6) is 23.0 Å². The summed E-state index contributed by atoms with van der Waals surface area (Å²) < 4.78 is 26.5. The van der Waals surface area contributed by atoms with E-state index in [1.807, 2.05) is 12.1 Å². The lowest BCUT2D eigenvalue weighted by molar-refractivity contribution is -0.135. The second kappa shape index (κ2) is 14.9. The number of unbranched alkanes of at least 4 members (excludes halogenated alkanes) is 3. The molecule has 0 radical (unpaired) electrons. The SMILES string of the molecule is CCCCCCOc1ccc(C=CC(=O)Oc2ccc(C=C(C#N)C(=O)OC)cc2OC)cc1OC. The van der Waals surface area contributed by atoms with E-state index in [9.17, 15) is 9.59 Å². The molecule has 0 N–H and O–H groups in total. The van der Waals surface area contributed by atoms with Crippen molar-refractivity contribution in [1.82, 2.24) is 0 Å². The van der Waals surface area contributed by atoms with Crippen LogP contribution in [0.4, 0.5) is 0 Å². The van der Waals surface area contributed by atoms with Gasteiger partial charge in [0.1, 0.15) is 11.6 Å². The fourth-order valence-corrected chi connectivity index (χ4v) is 3.20. The lowest BCUT2D eigenvalue weighted by Crippen LogP contribution is -2.05. The van der Waals surface area contributed by atoms with Crippen molar-refractivity contribution in [1.29, 1.82) is 5.26 Å². The van der Waals surface area contributed by atoms with Crippen LogP contribution in [0.1, 0.15) is 43.7 Å². The third-order valence-corrected chi connectivity index (χ3v) is 5.09. The molecular weight excluding hydrogens is 462 g/mol. The molecule has 8 nitrogen and oxygen atoms in total. The van der Waals surface area contributed by atoms with Crippen molar-refractivity contribution in [2.75, 3.05) is 27.9 Å². The molecule has 0 spiro atoms. The van der Waals surface area contributed by atoms with Crippen LogP contribution in [0.2, 0.25) is 0 Å². The monoisotopic (exact) mass is 493 g/mol. The fourth-order valence-electron chi connectivity index (χ4n) is 3.20. The molecule has 190 valence electrons. The van der Waals surface area contributed by atoms with Gasteiger partial charge in [-0.2, -0.15) is 5.26 Å². The Morgan fingerprint density at radius 3 is 2.22 bits per heavy atom. The standard InChI is InChI=1S/C28H31NO7/c1-5-6-7-8-15-35-23-12-9-20(17-25(23)32-2)11-14-27(30)36-24-13-10-21(18-26(24)33-3)16-22(19-29)28(31)34-4/h9-14,16-18H,5-8,15H2,1-4H3. The van der Waals surface area contributed by atoms with Gasteiger partial charge in [-0.15, -0.1) is 0 Å². The first-order chi connectivity index (χ1) is 17.4. The number of carbonyl (C=O) groups is 2. The van der Waals surface area contributed by atoms with E-state index >= 15 is 0 Å². The molecular formula is C28H31NO7. The van der Waals surface area contributed by atoms with Crippen molar-refractivity contribution in [3.63, 3.8) is 0 Å². The van der Waals surface area contributed by atoms with E-state index < -0.39 is 11.9 Å². The summed E-state index contributed by atoms with van der Waals surface area (Å²) >= 11 is 0. The molecule has 36 heavy (non-hydrogen) atoms. The van der Waals surface area contributed by atoms with E-state index in [0.717, 1.165) is 18.4 Å². The van der Waals surface area contributed by atoms with E-state index in [1.165, 1.54) is 45.3 Å². The zero-order valence-electron chi connectivity index (χ0n) is 21.0. The van der Waals surface area contributed by atoms with Crippen LogP contribution in [0.3, 0.4) is 0 Å². The highest BCUT2D eigenvalue weighted by molar-refractivity contribution is 5.98. The highest BCUT2D eigenvalue weighted by atomic mass is 16.6. The van der Waals surface area contributed by atoms with Crippen LogP contribution in [0, 0.1) is 11.3 Å². The summed E-state index contributed by atoms with van der Waals surface area (Å²) in [5.41, 5.74) is 1.07. The first kappa shape index (κ1) is 28.0. The lowest BCUT2D eigenvalue weighted by Gasteiger charge is -2.11. The predicted octanol–water partition coefficient (Wildman–Crippen LogP) is 5.36. The molecule has 2 rings (SSSR count). The van der Waals surface area contributed by atoms with Crippen LogP contribution in [0.15, 0.2) is 48.0 Å². The average Bonchev–Trinajstić information content (AvgIpc) is 2.90. The number of rotatable bonds is 13. The molecule has 0 atom stereocenters. The van der Waals surface area contributed by atoms with Crippen molar-refractivity contribution in [3.05, 3.63) is 59.2 Å². The quantitative estimate of drug-likeness (QED) is 0.121. The minimum absolute atomic E-state index is 0.171. The number of methoxy groups -OCH3 is 3. The lowest BCUT2D eigenvalue weighted by atomic mass is 10.1. The van der Waals surface area contributed by atoms with Crippen molar-refractivity contribution < 1.29 is 33.3 Å². The van der Waals surface area contributed by atoms with E-state index in [2.05, 4.69) is 11.7 Å². The highest BCUT2D eigenvalue weighted by Gasteiger charge is 2.12. The summed E-state index contributed by atoms with van der Waals surface area (Å²) in [5.74, 6) is 0.314. The van der Waals surface area contributed by atoms with Gasteiger partial charge in [-0.1, -0.05) is 38.3 Å². The molecule has 2 aromatic carbocycles. The van der Waals surface area contributed by atoms with Gasteiger partial charge in [0.05, 0.1) is 27.9 Å². The van der Waals surface area contributed by atoms with Crippen molar-refractivity contribution in [3.8, 4) is 29.1 Å². The maximum atomic E-state index is 12.4. The van der Waals surface area contributed by atoms with Gasteiger partial charge in [0.2, 0.25) is 0 Å². The first-order valence-electron chi connectivity index (χ1n) is 11.5. The van der Waals surface area contributed by atoms with Crippen molar-refractivity contribution >= 4 is 24.1 Å². The number of ether oxygens (including phenoxy) is 5. The maximum Gasteiger partial charge on any atom is 0.348 e. The summed E-state index contributed by atoms with van der Waals surface area (Å²) in [6.45, 7) is 2.78. The van der Waals surface area contributed by atoms with Gasteiger partial charge < -0.3 is 23.7 Å². The molecule has 0 aliphatic rings. The Kier molecular flexibility index (Phi) is 11.6. The molecule has 0 bridgehead atoms. The molecule has 0 heterocycles. The molecule has 0 unspecified atom stereocenters. The summed E-state index contributed by atoms with van der Waals surface area (Å²) in [4.78, 5) is 24.0. The third kappa shape index (κ3) is 8.51.